The lowest BCUT2D eigenvalue weighted by Crippen LogP contribution is -2.31. The number of sulfonamides is 1. The molecule has 0 aliphatic carbocycles. The number of carbonyl (C=O) groups is 1. The Morgan fingerprint density at radius 2 is 1.84 bits per heavy atom. The third kappa shape index (κ3) is 5.14. The van der Waals surface area contributed by atoms with Gasteiger partial charge in [0.2, 0.25) is 0 Å². The van der Waals surface area contributed by atoms with Gasteiger partial charge >= 0.3 is 6.36 Å². The van der Waals surface area contributed by atoms with Crippen LogP contribution in [-0.4, -0.2) is 35.7 Å². The first-order valence-electron chi connectivity index (χ1n) is 8.75. The number of hydrogen-bond donors (Lipinski definition) is 1. The minimum absolute atomic E-state index is 0.0832. The average Bonchev–Trinajstić information content (AvgIpc) is 3.10. The molecule has 32 heavy (non-hydrogen) atoms. The fourth-order valence-corrected chi connectivity index (χ4v) is 4.46. The number of nitrogens with zero attached hydrogens (tertiary/aromatic N) is 3. The number of alkyl halides is 3. The van der Waals surface area contributed by atoms with Gasteiger partial charge in [-0.25, -0.2) is 17.8 Å². The van der Waals surface area contributed by atoms with Gasteiger partial charge in [-0.2, -0.15) is 0 Å². The third-order valence-corrected chi connectivity index (χ3v) is 6.18. The van der Waals surface area contributed by atoms with Crippen LogP contribution in [0, 0.1) is 0 Å². The number of nitrogens with one attached hydrogen (secondary N) is 1. The molecular weight excluding hydrogens is 496 g/mol. The summed E-state index contributed by atoms with van der Waals surface area (Å²) < 4.78 is 69.0. The van der Waals surface area contributed by atoms with E-state index < -0.39 is 28.0 Å². The van der Waals surface area contributed by atoms with E-state index in [9.17, 15) is 26.4 Å². The van der Waals surface area contributed by atoms with Crippen LogP contribution in [-0.2, 0) is 16.4 Å². The number of hydrogen-bond acceptors (Lipinski definition) is 6. The van der Waals surface area contributed by atoms with E-state index in [1.54, 1.807) is 6.92 Å². The van der Waals surface area contributed by atoms with Crippen LogP contribution >= 0.6 is 23.2 Å². The summed E-state index contributed by atoms with van der Waals surface area (Å²) in [6, 6.07) is 8.66. The van der Waals surface area contributed by atoms with E-state index in [0.29, 0.717) is 0 Å². The maximum Gasteiger partial charge on any atom is 0.573 e. The molecular formula is C18H13Cl2F3N4O4S. The average molecular weight is 509 g/mol. The quantitative estimate of drug-likeness (QED) is 0.536. The van der Waals surface area contributed by atoms with E-state index in [1.165, 1.54) is 30.3 Å². The Kier molecular flexibility index (Phi) is 6.67. The van der Waals surface area contributed by atoms with E-state index in [0.717, 1.165) is 16.8 Å². The molecule has 3 rings (SSSR count). The summed E-state index contributed by atoms with van der Waals surface area (Å²) >= 11 is 12.0. The van der Waals surface area contributed by atoms with Gasteiger partial charge in [-0.15, -0.1) is 18.3 Å². The van der Waals surface area contributed by atoms with E-state index >= 15 is 0 Å². The van der Waals surface area contributed by atoms with Gasteiger partial charge in [0, 0.05) is 6.07 Å². The number of benzene rings is 2. The number of rotatable bonds is 6. The molecule has 14 heteroatoms. The summed E-state index contributed by atoms with van der Waals surface area (Å²) in [5, 5.41) is 7.27. The second kappa shape index (κ2) is 8.96. The second-order valence-corrected chi connectivity index (χ2v) is 8.64. The van der Waals surface area contributed by atoms with Crippen LogP contribution in [0.4, 0.5) is 13.2 Å². The largest absolute Gasteiger partial charge is 0.573 e. The van der Waals surface area contributed by atoms with Crippen molar-refractivity contribution in [2.75, 3.05) is 0 Å². The first kappa shape index (κ1) is 23.8. The molecule has 0 aliphatic rings. The number of amides is 1. The third-order valence-electron chi connectivity index (χ3n) is 4.05. The summed E-state index contributed by atoms with van der Waals surface area (Å²) in [5.41, 5.74) is -0.0309. The molecule has 0 saturated carbocycles. The molecule has 170 valence electrons. The van der Waals surface area contributed by atoms with Crippen molar-refractivity contribution in [3.05, 3.63) is 63.9 Å². The molecule has 0 unspecified atom stereocenters. The molecule has 1 aromatic heterocycles. The summed E-state index contributed by atoms with van der Waals surface area (Å²) in [4.78, 5) is 12.3. The molecule has 1 heterocycles. The molecule has 8 nitrogen and oxygen atoms in total. The zero-order valence-corrected chi connectivity index (χ0v) is 18.3. The van der Waals surface area contributed by atoms with Crippen molar-refractivity contribution in [3.63, 3.8) is 0 Å². The van der Waals surface area contributed by atoms with Crippen molar-refractivity contribution >= 4 is 39.1 Å². The zero-order chi connectivity index (χ0) is 23.7. The molecule has 0 radical (unpaired) electrons. The Labute approximate surface area is 189 Å². The van der Waals surface area contributed by atoms with E-state index in [4.69, 9.17) is 23.2 Å². The summed E-state index contributed by atoms with van der Waals surface area (Å²) in [5.74, 6) is -1.62. The standard InChI is InChI=1S/C18H13Cl2F3N4O4S/c1-2-13-16(17(28)25-32(29,30)15-6-4-3-5-11(15)19)24-26-27(13)14-8-7-10(9-12(14)20)31-18(21,22)23/h3-9H,2H2,1H3,(H,25,28). The highest BCUT2D eigenvalue weighted by Gasteiger charge is 2.31. The van der Waals surface area contributed by atoms with Gasteiger partial charge in [0.05, 0.1) is 21.4 Å². The molecule has 2 aromatic carbocycles. The highest BCUT2D eigenvalue weighted by atomic mass is 35.5. The second-order valence-electron chi connectivity index (χ2n) is 6.18. The van der Waals surface area contributed by atoms with Crippen molar-refractivity contribution in [1.82, 2.24) is 19.7 Å². The molecule has 0 aliphatic heterocycles. The lowest BCUT2D eigenvalue weighted by atomic mass is 10.2. The molecule has 0 fully saturated rings. The number of ether oxygens (including phenoxy) is 1. The van der Waals surface area contributed by atoms with Crippen molar-refractivity contribution in [2.45, 2.75) is 24.6 Å². The molecule has 0 atom stereocenters. The normalized spacial score (nSPS) is 11.9. The van der Waals surface area contributed by atoms with Crippen LogP contribution in [0.5, 0.6) is 5.75 Å². The monoisotopic (exact) mass is 508 g/mol. The Bertz CT molecular complexity index is 1280. The summed E-state index contributed by atoms with van der Waals surface area (Å²) in [6.45, 7) is 1.64. The van der Waals surface area contributed by atoms with Gasteiger partial charge in [-0.3, -0.25) is 4.79 Å². The molecule has 0 bridgehead atoms. The SMILES string of the molecule is CCc1c(C(=O)NS(=O)(=O)c2ccccc2Cl)nnn1-c1ccc(OC(F)(F)F)cc1Cl. The first-order valence-corrected chi connectivity index (χ1v) is 11.0. The minimum Gasteiger partial charge on any atom is -0.406 e. The van der Waals surface area contributed by atoms with Crippen LogP contribution in [0.15, 0.2) is 47.4 Å². The van der Waals surface area contributed by atoms with E-state index in [-0.39, 0.29) is 38.4 Å². The Balaban J connectivity index is 1.93. The molecule has 1 N–H and O–H groups in total. The number of halogens is 5. The Morgan fingerprint density at radius 1 is 1.16 bits per heavy atom. The van der Waals surface area contributed by atoms with Gasteiger partial charge < -0.3 is 4.74 Å². The predicted octanol–water partition coefficient (Wildman–Crippen LogP) is 4.15. The summed E-state index contributed by atoms with van der Waals surface area (Å²) in [7, 11) is -4.31. The summed E-state index contributed by atoms with van der Waals surface area (Å²) in [6.07, 6.45) is -4.73. The van der Waals surface area contributed by atoms with Gasteiger partial charge in [0.15, 0.2) is 5.69 Å². The Hall–Kier alpha value is -2.83. The van der Waals surface area contributed by atoms with E-state index in [2.05, 4.69) is 15.0 Å². The minimum atomic E-state index is -4.90. The smallest absolute Gasteiger partial charge is 0.406 e. The van der Waals surface area contributed by atoms with Crippen molar-refractivity contribution in [2.24, 2.45) is 0 Å². The lowest BCUT2D eigenvalue weighted by Gasteiger charge is -2.12. The van der Waals surface area contributed by atoms with Crippen LogP contribution in [0.25, 0.3) is 5.69 Å². The van der Waals surface area contributed by atoms with Gasteiger partial charge in [-0.1, -0.05) is 47.5 Å². The van der Waals surface area contributed by atoms with Gasteiger partial charge in [-0.05, 0) is 30.7 Å². The lowest BCUT2D eigenvalue weighted by molar-refractivity contribution is -0.274. The Morgan fingerprint density at radius 3 is 2.44 bits per heavy atom. The topological polar surface area (TPSA) is 103 Å². The van der Waals surface area contributed by atoms with Crippen LogP contribution in [0.2, 0.25) is 10.0 Å². The number of carbonyl (C=O) groups excluding carboxylic acids is 1. The molecule has 0 spiro atoms. The molecule has 0 saturated heterocycles. The van der Waals surface area contributed by atoms with Crippen LogP contribution < -0.4 is 9.46 Å². The van der Waals surface area contributed by atoms with Gasteiger partial charge in [0.1, 0.15) is 10.6 Å². The maximum atomic E-state index is 12.6. The van der Waals surface area contributed by atoms with Crippen molar-refractivity contribution in [3.8, 4) is 11.4 Å². The van der Waals surface area contributed by atoms with Gasteiger partial charge in [0.25, 0.3) is 15.9 Å². The van der Waals surface area contributed by atoms with Crippen LogP contribution in [0.1, 0.15) is 23.1 Å². The fraction of sp³-hybridized carbons (Fsp3) is 0.167. The fourth-order valence-electron chi connectivity index (χ4n) is 2.73. The highest BCUT2D eigenvalue weighted by molar-refractivity contribution is 7.90. The van der Waals surface area contributed by atoms with E-state index in [1.807, 2.05) is 4.72 Å². The molecule has 3 aromatic rings. The predicted molar refractivity (Wildman–Crippen MR) is 109 cm³/mol. The van der Waals surface area contributed by atoms with Crippen molar-refractivity contribution < 1.29 is 31.1 Å². The first-order chi connectivity index (χ1) is 14.9. The van der Waals surface area contributed by atoms with Crippen molar-refractivity contribution in [1.29, 1.82) is 0 Å². The van der Waals surface area contributed by atoms with Crippen LogP contribution in [0.3, 0.4) is 0 Å². The number of aromatic nitrogens is 3. The maximum absolute atomic E-state index is 12.6. The molecule has 1 amide bonds. The highest BCUT2D eigenvalue weighted by Crippen LogP contribution is 2.30. The zero-order valence-electron chi connectivity index (χ0n) is 16.0.